The molecule has 0 spiro atoms. The molecule has 0 saturated carbocycles. The first kappa shape index (κ1) is 13.9. The quantitative estimate of drug-likeness (QED) is 0.781. The summed E-state index contributed by atoms with van der Waals surface area (Å²) in [6, 6.07) is -0.440. The molecule has 2 rings (SSSR count). The van der Waals surface area contributed by atoms with Gasteiger partial charge in [-0.3, -0.25) is 0 Å². The molecule has 2 aromatic rings. The van der Waals surface area contributed by atoms with Crippen LogP contribution in [0.5, 0.6) is 0 Å². The average Bonchev–Trinajstić information content (AvgIpc) is 2.79. The Morgan fingerprint density at radius 1 is 1.35 bits per heavy atom. The van der Waals surface area contributed by atoms with Crippen LogP contribution in [-0.4, -0.2) is 32.1 Å². The van der Waals surface area contributed by atoms with Gasteiger partial charge in [-0.15, -0.1) is 11.3 Å². The molecule has 9 heteroatoms. The number of hydrogen-bond donors (Lipinski definition) is 3. The van der Waals surface area contributed by atoms with Crippen molar-refractivity contribution in [1.29, 1.82) is 0 Å². The summed E-state index contributed by atoms with van der Waals surface area (Å²) in [6.45, 7) is 1.77. The van der Waals surface area contributed by atoms with Gasteiger partial charge in [0, 0.05) is 0 Å². The fraction of sp³-hybridized carbons (Fsp3) is 0.182. The van der Waals surface area contributed by atoms with E-state index in [1.54, 1.807) is 6.92 Å². The molecule has 2 heterocycles. The predicted octanol–water partition coefficient (Wildman–Crippen LogP) is 1.26. The zero-order chi connectivity index (χ0) is 14.5. The van der Waals surface area contributed by atoms with E-state index in [1.807, 2.05) is 0 Å². The van der Waals surface area contributed by atoms with Gasteiger partial charge < -0.3 is 15.7 Å². The van der Waals surface area contributed by atoms with E-state index >= 15 is 0 Å². The molecule has 20 heavy (non-hydrogen) atoms. The van der Waals surface area contributed by atoms with Crippen molar-refractivity contribution in [2.75, 3.05) is 5.32 Å². The van der Waals surface area contributed by atoms with Crippen molar-refractivity contribution < 1.29 is 14.7 Å². The third-order valence-corrected chi connectivity index (χ3v) is 3.40. The molecule has 0 aromatic carbocycles. The molecule has 3 N–H and O–H groups in total. The van der Waals surface area contributed by atoms with Gasteiger partial charge in [-0.2, -0.15) is 0 Å². The minimum atomic E-state index is -1.02. The number of carbonyl (C=O) groups excluding carboxylic acids is 1. The highest BCUT2D eigenvalue weighted by Gasteiger charge is 2.14. The maximum absolute atomic E-state index is 11.6. The number of hydrogen-bond acceptors (Lipinski definition) is 6. The van der Waals surface area contributed by atoms with Crippen LogP contribution in [0.3, 0.4) is 0 Å². The van der Waals surface area contributed by atoms with Crippen LogP contribution in [0.25, 0.3) is 0 Å². The molecule has 0 aliphatic carbocycles. The Bertz CT molecular complexity index is 628. The van der Waals surface area contributed by atoms with Crippen LogP contribution in [-0.2, 0) is 6.54 Å². The summed E-state index contributed by atoms with van der Waals surface area (Å²) in [5, 5.41) is 14.6. The molecule has 0 aliphatic rings. The Kier molecular flexibility index (Phi) is 4.20. The molecule has 0 radical (unpaired) electrons. The number of nitrogens with zero attached hydrogens (tertiary/aromatic N) is 3. The molecule has 0 aliphatic heterocycles. The van der Waals surface area contributed by atoms with Gasteiger partial charge >= 0.3 is 12.0 Å². The number of nitrogens with one attached hydrogen (secondary N) is 2. The highest BCUT2D eigenvalue weighted by Crippen LogP contribution is 2.17. The molecule has 0 fully saturated rings. The Balaban J connectivity index is 1.90. The van der Waals surface area contributed by atoms with Gasteiger partial charge in [0.05, 0.1) is 30.3 Å². The highest BCUT2D eigenvalue weighted by atomic mass is 32.1. The van der Waals surface area contributed by atoms with Crippen molar-refractivity contribution in [3.8, 4) is 0 Å². The number of rotatable bonds is 4. The van der Waals surface area contributed by atoms with E-state index in [0.29, 0.717) is 16.4 Å². The Morgan fingerprint density at radius 2 is 2.05 bits per heavy atom. The maximum atomic E-state index is 11.6. The van der Waals surface area contributed by atoms with Crippen LogP contribution < -0.4 is 10.6 Å². The zero-order valence-electron chi connectivity index (χ0n) is 10.5. The summed E-state index contributed by atoms with van der Waals surface area (Å²) in [4.78, 5) is 34.2. The van der Waals surface area contributed by atoms with Crippen LogP contribution >= 0.6 is 11.3 Å². The van der Waals surface area contributed by atoms with Gasteiger partial charge in [0.2, 0.25) is 0 Å². The molecular formula is C11H11N5O3S. The first-order chi connectivity index (χ1) is 9.56. The van der Waals surface area contributed by atoms with Crippen molar-refractivity contribution in [2.24, 2.45) is 0 Å². The summed E-state index contributed by atoms with van der Waals surface area (Å²) in [5.74, 6) is -1.02. The topological polar surface area (TPSA) is 117 Å². The van der Waals surface area contributed by atoms with Crippen LogP contribution in [0, 0.1) is 6.92 Å². The second-order valence-electron chi connectivity index (χ2n) is 3.76. The smallest absolute Gasteiger partial charge is 0.347 e. The van der Waals surface area contributed by atoms with Gasteiger partial charge in [-0.05, 0) is 6.92 Å². The van der Waals surface area contributed by atoms with E-state index in [0.717, 1.165) is 11.3 Å². The number of carbonyl (C=O) groups is 2. The van der Waals surface area contributed by atoms with E-state index in [1.165, 1.54) is 18.7 Å². The lowest BCUT2D eigenvalue weighted by atomic mass is 10.4. The number of amides is 2. The van der Waals surface area contributed by atoms with E-state index in [9.17, 15) is 9.59 Å². The zero-order valence-corrected chi connectivity index (χ0v) is 11.3. The largest absolute Gasteiger partial charge is 0.477 e. The molecule has 2 amide bonds. The van der Waals surface area contributed by atoms with E-state index in [4.69, 9.17) is 5.11 Å². The lowest BCUT2D eigenvalue weighted by molar-refractivity contribution is 0.0701. The lowest BCUT2D eigenvalue weighted by Crippen LogP contribution is -2.28. The maximum Gasteiger partial charge on any atom is 0.347 e. The average molecular weight is 293 g/mol. The standard InChI is InChI=1S/C11H11N5O3S/c1-6-9(10(17)18)20-8(15-6)4-14-11(19)16-7-2-12-5-13-3-7/h2-3,5H,4H2,1H3,(H,17,18)(H2,14,16,19). The molecule has 8 nitrogen and oxygen atoms in total. The molecule has 0 saturated heterocycles. The SMILES string of the molecule is Cc1nc(CNC(=O)Nc2cncnc2)sc1C(=O)O. The van der Waals surface area contributed by atoms with Crippen molar-refractivity contribution in [3.05, 3.63) is 34.3 Å². The van der Waals surface area contributed by atoms with Gasteiger partial charge in [-0.25, -0.2) is 24.5 Å². The second kappa shape index (κ2) is 6.06. The Morgan fingerprint density at radius 3 is 2.65 bits per heavy atom. The lowest BCUT2D eigenvalue weighted by Gasteiger charge is -2.04. The normalized spacial score (nSPS) is 10.1. The molecule has 2 aromatic heterocycles. The first-order valence-corrected chi connectivity index (χ1v) is 6.37. The number of aromatic nitrogens is 3. The fourth-order valence-electron chi connectivity index (χ4n) is 1.42. The van der Waals surface area contributed by atoms with Crippen molar-refractivity contribution in [2.45, 2.75) is 13.5 Å². The number of anilines is 1. The summed E-state index contributed by atoms with van der Waals surface area (Å²) < 4.78 is 0. The second-order valence-corrected chi connectivity index (χ2v) is 4.85. The number of carboxylic acid groups (broad SMARTS) is 1. The van der Waals surface area contributed by atoms with E-state index < -0.39 is 12.0 Å². The molecule has 0 atom stereocenters. The summed E-state index contributed by atoms with van der Waals surface area (Å²) >= 11 is 1.04. The summed E-state index contributed by atoms with van der Waals surface area (Å²) in [7, 11) is 0. The third-order valence-electron chi connectivity index (χ3n) is 2.25. The first-order valence-electron chi connectivity index (χ1n) is 5.55. The summed E-state index contributed by atoms with van der Waals surface area (Å²) in [5.41, 5.74) is 0.905. The van der Waals surface area contributed by atoms with Crippen LogP contribution in [0.15, 0.2) is 18.7 Å². The van der Waals surface area contributed by atoms with Gasteiger partial charge in [-0.1, -0.05) is 0 Å². The van der Waals surface area contributed by atoms with Crippen molar-refractivity contribution in [3.63, 3.8) is 0 Å². The minimum absolute atomic E-state index is 0.151. The van der Waals surface area contributed by atoms with E-state index in [-0.39, 0.29) is 11.4 Å². The van der Waals surface area contributed by atoms with Crippen molar-refractivity contribution >= 4 is 29.0 Å². The highest BCUT2D eigenvalue weighted by molar-refractivity contribution is 7.13. The van der Waals surface area contributed by atoms with Gasteiger partial charge in [0.15, 0.2) is 0 Å². The number of urea groups is 1. The van der Waals surface area contributed by atoms with Gasteiger partial charge in [0.1, 0.15) is 16.2 Å². The number of carboxylic acids is 1. The van der Waals surface area contributed by atoms with Crippen molar-refractivity contribution in [1.82, 2.24) is 20.3 Å². The van der Waals surface area contributed by atoms with Gasteiger partial charge in [0.25, 0.3) is 0 Å². The molecule has 0 bridgehead atoms. The third kappa shape index (κ3) is 3.48. The fourth-order valence-corrected chi connectivity index (χ4v) is 2.26. The molecule has 0 unspecified atom stereocenters. The summed E-state index contributed by atoms with van der Waals surface area (Å²) in [6.07, 6.45) is 4.28. The predicted molar refractivity (Wildman–Crippen MR) is 71.7 cm³/mol. The monoisotopic (exact) mass is 293 g/mol. The van der Waals surface area contributed by atoms with E-state index in [2.05, 4.69) is 25.6 Å². The van der Waals surface area contributed by atoms with Crippen LogP contribution in [0.1, 0.15) is 20.4 Å². The number of aryl methyl sites for hydroxylation is 1. The Hall–Kier alpha value is -2.55. The van der Waals surface area contributed by atoms with Crippen LogP contribution in [0.4, 0.5) is 10.5 Å². The molecular weight excluding hydrogens is 282 g/mol. The Labute approximate surface area is 117 Å². The number of thiazole rings is 1. The number of aromatic carboxylic acids is 1. The van der Waals surface area contributed by atoms with Crippen LogP contribution in [0.2, 0.25) is 0 Å². The minimum Gasteiger partial charge on any atom is -0.477 e. The molecule has 104 valence electrons.